The number of aromatic nitrogens is 2. The Hall–Kier alpha value is -2.04. The standard InChI is InChI=1S/C16H12Cl2N2O2/c1-9(11-3-2-10(17)8-14(11)18)22-16(21)13-5-7-20-15-12(13)4-6-19-15/h2-9H,1H3,(H,19,20)/t9-/m1/s1. The number of esters is 1. The van der Waals surface area contributed by atoms with E-state index in [1.54, 1.807) is 49.6 Å². The number of benzene rings is 1. The van der Waals surface area contributed by atoms with E-state index >= 15 is 0 Å². The number of halogens is 2. The van der Waals surface area contributed by atoms with Gasteiger partial charge in [-0.15, -0.1) is 0 Å². The van der Waals surface area contributed by atoms with Gasteiger partial charge < -0.3 is 9.72 Å². The number of nitrogens with zero attached hydrogens (tertiary/aromatic N) is 1. The zero-order chi connectivity index (χ0) is 15.7. The molecule has 6 heteroatoms. The molecule has 0 aliphatic rings. The van der Waals surface area contributed by atoms with Gasteiger partial charge in [0.2, 0.25) is 0 Å². The SMILES string of the molecule is C[C@@H](OC(=O)c1ccnc2[nH]ccc12)c1ccc(Cl)cc1Cl. The maximum atomic E-state index is 12.4. The summed E-state index contributed by atoms with van der Waals surface area (Å²) in [6.45, 7) is 1.77. The van der Waals surface area contributed by atoms with Gasteiger partial charge in [0.1, 0.15) is 11.8 Å². The van der Waals surface area contributed by atoms with Gasteiger partial charge in [-0.05, 0) is 31.2 Å². The normalized spacial score (nSPS) is 12.3. The Bertz CT molecular complexity index is 845. The minimum absolute atomic E-state index is 0.425. The first kappa shape index (κ1) is 14.9. The topological polar surface area (TPSA) is 55.0 Å². The number of carbonyl (C=O) groups excluding carboxylic acids is 1. The van der Waals surface area contributed by atoms with Crippen molar-refractivity contribution in [3.63, 3.8) is 0 Å². The molecule has 0 bridgehead atoms. The van der Waals surface area contributed by atoms with Crippen molar-refractivity contribution in [1.82, 2.24) is 9.97 Å². The van der Waals surface area contributed by atoms with Crippen molar-refractivity contribution in [3.05, 3.63) is 63.9 Å². The predicted molar refractivity (Wildman–Crippen MR) is 86.4 cm³/mol. The van der Waals surface area contributed by atoms with Crippen molar-refractivity contribution in [2.24, 2.45) is 0 Å². The molecule has 0 fully saturated rings. The van der Waals surface area contributed by atoms with Crippen molar-refractivity contribution in [1.29, 1.82) is 0 Å². The minimum Gasteiger partial charge on any atom is -0.454 e. The van der Waals surface area contributed by atoms with Crippen molar-refractivity contribution >= 4 is 40.2 Å². The molecule has 0 aliphatic heterocycles. The van der Waals surface area contributed by atoms with Gasteiger partial charge in [-0.1, -0.05) is 29.3 Å². The third-order valence-corrected chi connectivity index (χ3v) is 3.93. The minimum atomic E-state index is -0.487. The Kier molecular flexibility index (Phi) is 4.05. The number of aromatic amines is 1. The average molecular weight is 335 g/mol. The molecule has 4 nitrogen and oxygen atoms in total. The van der Waals surface area contributed by atoms with Gasteiger partial charge in [-0.2, -0.15) is 0 Å². The van der Waals surface area contributed by atoms with Crippen LogP contribution in [0.15, 0.2) is 42.7 Å². The number of carbonyl (C=O) groups is 1. The highest BCUT2D eigenvalue weighted by molar-refractivity contribution is 6.35. The molecule has 0 spiro atoms. The third kappa shape index (κ3) is 2.80. The molecule has 0 amide bonds. The Labute approximate surface area is 137 Å². The van der Waals surface area contributed by atoms with Gasteiger partial charge >= 0.3 is 5.97 Å². The van der Waals surface area contributed by atoms with Gasteiger partial charge in [0.15, 0.2) is 0 Å². The van der Waals surface area contributed by atoms with Gasteiger partial charge in [-0.3, -0.25) is 0 Å². The Morgan fingerprint density at radius 2 is 2.09 bits per heavy atom. The molecular formula is C16H12Cl2N2O2. The summed E-state index contributed by atoms with van der Waals surface area (Å²) >= 11 is 12.0. The molecule has 3 rings (SSSR count). The summed E-state index contributed by atoms with van der Waals surface area (Å²) < 4.78 is 5.51. The predicted octanol–water partition coefficient (Wildman–Crippen LogP) is 4.79. The molecule has 1 atom stereocenters. The molecule has 0 saturated heterocycles. The van der Waals surface area contributed by atoms with Gasteiger partial charge in [0.25, 0.3) is 0 Å². The van der Waals surface area contributed by atoms with E-state index in [9.17, 15) is 4.79 Å². The van der Waals surface area contributed by atoms with Crippen LogP contribution in [0, 0.1) is 0 Å². The van der Waals surface area contributed by atoms with Gasteiger partial charge in [0.05, 0.1) is 5.56 Å². The van der Waals surface area contributed by atoms with Crippen LogP contribution >= 0.6 is 23.2 Å². The average Bonchev–Trinajstić information content (AvgIpc) is 2.95. The van der Waals surface area contributed by atoms with Crippen molar-refractivity contribution in [2.75, 3.05) is 0 Å². The molecule has 0 unspecified atom stereocenters. The lowest BCUT2D eigenvalue weighted by molar-refractivity contribution is 0.0340. The summed E-state index contributed by atoms with van der Waals surface area (Å²) in [6.07, 6.45) is 2.81. The van der Waals surface area contributed by atoms with Crippen molar-refractivity contribution < 1.29 is 9.53 Å². The number of hydrogen-bond donors (Lipinski definition) is 1. The van der Waals surface area contributed by atoms with Crippen LogP contribution in [0.5, 0.6) is 0 Å². The smallest absolute Gasteiger partial charge is 0.339 e. The summed E-state index contributed by atoms with van der Waals surface area (Å²) in [5.41, 5.74) is 1.81. The van der Waals surface area contributed by atoms with E-state index in [1.165, 1.54) is 0 Å². The summed E-state index contributed by atoms with van der Waals surface area (Å²) in [5, 5.41) is 1.73. The van der Waals surface area contributed by atoms with Crippen LogP contribution in [-0.2, 0) is 4.74 Å². The van der Waals surface area contributed by atoms with E-state index in [0.29, 0.717) is 26.8 Å². The second kappa shape index (κ2) is 5.99. The molecule has 3 aromatic rings. The zero-order valence-corrected chi connectivity index (χ0v) is 13.2. The number of hydrogen-bond acceptors (Lipinski definition) is 3. The molecule has 1 aromatic carbocycles. The quantitative estimate of drug-likeness (QED) is 0.700. The molecule has 1 N–H and O–H groups in total. The Morgan fingerprint density at radius 3 is 2.86 bits per heavy atom. The maximum absolute atomic E-state index is 12.4. The molecular weight excluding hydrogens is 323 g/mol. The lowest BCUT2D eigenvalue weighted by Gasteiger charge is -2.15. The van der Waals surface area contributed by atoms with Crippen molar-refractivity contribution in [2.45, 2.75) is 13.0 Å². The lowest BCUT2D eigenvalue weighted by atomic mass is 10.1. The number of rotatable bonds is 3. The second-order valence-electron chi connectivity index (χ2n) is 4.81. The van der Waals surface area contributed by atoms with Crippen LogP contribution in [0.1, 0.15) is 28.9 Å². The molecule has 0 saturated carbocycles. The first-order valence-electron chi connectivity index (χ1n) is 6.64. The highest BCUT2D eigenvalue weighted by Gasteiger charge is 2.18. The monoisotopic (exact) mass is 334 g/mol. The summed E-state index contributed by atoms with van der Waals surface area (Å²) in [7, 11) is 0. The number of pyridine rings is 1. The fourth-order valence-electron chi connectivity index (χ4n) is 2.26. The number of ether oxygens (including phenoxy) is 1. The van der Waals surface area contributed by atoms with E-state index in [1.807, 2.05) is 0 Å². The fraction of sp³-hybridized carbons (Fsp3) is 0.125. The van der Waals surface area contributed by atoms with E-state index in [-0.39, 0.29) is 0 Å². The van der Waals surface area contributed by atoms with Gasteiger partial charge in [0, 0.05) is 33.4 Å². The zero-order valence-electron chi connectivity index (χ0n) is 11.6. The number of fused-ring (bicyclic) bond motifs is 1. The molecule has 2 aromatic heterocycles. The van der Waals surface area contributed by atoms with E-state index in [4.69, 9.17) is 27.9 Å². The van der Waals surface area contributed by atoms with E-state index in [0.717, 1.165) is 5.39 Å². The Balaban J connectivity index is 1.86. The van der Waals surface area contributed by atoms with Crippen LogP contribution in [0.2, 0.25) is 10.0 Å². The third-order valence-electron chi connectivity index (χ3n) is 3.36. The van der Waals surface area contributed by atoms with Gasteiger partial charge in [-0.25, -0.2) is 9.78 Å². The highest BCUT2D eigenvalue weighted by atomic mass is 35.5. The maximum Gasteiger partial charge on any atom is 0.339 e. The van der Waals surface area contributed by atoms with Crippen LogP contribution in [0.25, 0.3) is 11.0 Å². The molecule has 22 heavy (non-hydrogen) atoms. The van der Waals surface area contributed by atoms with Crippen LogP contribution in [-0.4, -0.2) is 15.9 Å². The summed E-state index contributed by atoms with van der Waals surface area (Å²) in [5.74, 6) is -0.425. The number of nitrogens with one attached hydrogen (secondary N) is 1. The highest BCUT2D eigenvalue weighted by Crippen LogP contribution is 2.29. The lowest BCUT2D eigenvalue weighted by Crippen LogP contribution is -2.10. The first-order chi connectivity index (χ1) is 10.6. The molecule has 0 radical (unpaired) electrons. The summed E-state index contributed by atoms with van der Waals surface area (Å²) in [6, 6.07) is 8.51. The van der Waals surface area contributed by atoms with Crippen LogP contribution < -0.4 is 0 Å². The number of H-pyrrole nitrogens is 1. The fourth-order valence-corrected chi connectivity index (χ4v) is 2.82. The van der Waals surface area contributed by atoms with E-state index in [2.05, 4.69) is 9.97 Å². The molecule has 0 aliphatic carbocycles. The second-order valence-corrected chi connectivity index (χ2v) is 5.66. The van der Waals surface area contributed by atoms with E-state index < -0.39 is 12.1 Å². The van der Waals surface area contributed by atoms with Crippen molar-refractivity contribution in [3.8, 4) is 0 Å². The van der Waals surface area contributed by atoms with Crippen LogP contribution in [0.3, 0.4) is 0 Å². The Morgan fingerprint density at radius 1 is 1.27 bits per heavy atom. The molecule has 2 heterocycles. The summed E-state index contributed by atoms with van der Waals surface area (Å²) in [4.78, 5) is 19.5. The largest absolute Gasteiger partial charge is 0.454 e. The first-order valence-corrected chi connectivity index (χ1v) is 7.40. The molecule has 112 valence electrons. The van der Waals surface area contributed by atoms with Crippen LogP contribution in [0.4, 0.5) is 0 Å².